The first-order valence-electron chi connectivity index (χ1n) is 4.61. The highest BCUT2D eigenvalue weighted by molar-refractivity contribution is 5.74. The molecule has 0 fully saturated rings. The van der Waals surface area contributed by atoms with Gasteiger partial charge < -0.3 is 5.11 Å². The van der Waals surface area contributed by atoms with Crippen molar-refractivity contribution in [2.24, 2.45) is 5.92 Å². The van der Waals surface area contributed by atoms with Gasteiger partial charge in [0.25, 0.3) is 0 Å². The van der Waals surface area contributed by atoms with Gasteiger partial charge in [-0.15, -0.1) is 0 Å². The van der Waals surface area contributed by atoms with Crippen molar-refractivity contribution in [2.45, 2.75) is 26.2 Å². The van der Waals surface area contributed by atoms with Crippen LogP contribution in [0.2, 0.25) is 0 Å². The van der Waals surface area contributed by atoms with Crippen LogP contribution in [0.25, 0.3) is 0 Å². The second-order valence-electron chi connectivity index (χ2n) is 3.63. The Morgan fingerprint density at radius 1 is 1.43 bits per heavy atom. The summed E-state index contributed by atoms with van der Waals surface area (Å²) in [6.45, 7) is 3.97. The third-order valence-electron chi connectivity index (χ3n) is 1.90. The summed E-state index contributed by atoms with van der Waals surface area (Å²) in [5.41, 5.74) is 0. The molecule has 0 bridgehead atoms. The Kier molecular flexibility index (Phi) is 3.56. The lowest BCUT2D eigenvalue weighted by Gasteiger charge is -2.12. The van der Waals surface area contributed by atoms with E-state index >= 15 is 0 Å². The van der Waals surface area contributed by atoms with E-state index in [-0.39, 0.29) is 0 Å². The quantitative estimate of drug-likeness (QED) is 0.792. The van der Waals surface area contributed by atoms with Gasteiger partial charge in [-0.3, -0.25) is 4.79 Å². The molecule has 1 unspecified atom stereocenters. The first-order valence-corrected chi connectivity index (χ1v) is 4.61. The molecule has 0 aliphatic heterocycles. The van der Waals surface area contributed by atoms with E-state index in [0.717, 1.165) is 0 Å². The molecule has 76 valence electrons. The third kappa shape index (κ3) is 2.80. The van der Waals surface area contributed by atoms with E-state index in [1.54, 1.807) is 18.5 Å². The summed E-state index contributed by atoms with van der Waals surface area (Å²) in [6.07, 6.45) is 3.70. The first-order chi connectivity index (χ1) is 6.61. The Hall–Kier alpha value is -1.45. The number of hydrogen-bond donors (Lipinski definition) is 1. The van der Waals surface area contributed by atoms with Crippen LogP contribution in [0.5, 0.6) is 0 Å². The highest BCUT2D eigenvalue weighted by atomic mass is 16.4. The molecular formula is C10H14N2O2. The van der Waals surface area contributed by atoms with E-state index in [1.807, 2.05) is 13.8 Å². The molecule has 1 rings (SSSR count). The number of rotatable bonds is 4. The summed E-state index contributed by atoms with van der Waals surface area (Å²) in [4.78, 5) is 18.9. The predicted molar refractivity (Wildman–Crippen MR) is 51.9 cm³/mol. The number of carbonyl (C=O) groups is 1. The van der Waals surface area contributed by atoms with Crippen molar-refractivity contribution < 1.29 is 9.90 Å². The molecule has 1 N–H and O–H groups in total. The molecule has 0 aliphatic rings. The van der Waals surface area contributed by atoms with Crippen LogP contribution in [0.4, 0.5) is 0 Å². The van der Waals surface area contributed by atoms with E-state index in [2.05, 4.69) is 9.97 Å². The topological polar surface area (TPSA) is 63.1 Å². The summed E-state index contributed by atoms with van der Waals surface area (Å²) >= 11 is 0. The zero-order chi connectivity index (χ0) is 10.6. The predicted octanol–water partition coefficient (Wildman–Crippen LogP) is 1.69. The van der Waals surface area contributed by atoms with Crippen molar-refractivity contribution in [2.75, 3.05) is 0 Å². The van der Waals surface area contributed by atoms with Crippen LogP contribution >= 0.6 is 0 Å². The van der Waals surface area contributed by atoms with Crippen molar-refractivity contribution in [3.05, 3.63) is 24.3 Å². The van der Waals surface area contributed by atoms with Crippen LogP contribution in [0, 0.1) is 5.92 Å². The second-order valence-corrected chi connectivity index (χ2v) is 3.63. The maximum absolute atomic E-state index is 11.0. The highest BCUT2D eigenvalue weighted by Gasteiger charge is 2.23. The Morgan fingerprint density at radius 2 is 2.00 bits per heavy atom. The number of hydrogen-bond acceptors (Lipinski definition) is 3. The number of carboxylic acids is 1. The van der Waals surface area contributed by atoms with Gasteiger partial charge in [0.05, 0.1) is 0 Å². The van der Waals surface area contributed by atoms with Gasteiger partial charge in [0.15, 0.2) is 0 Å². The van der Waals surface area contributed by atoms with Gasteiger partial charge in [0.2, 0.25) is 0 Å². The van der Waals surface area contributed by atoms with Crippen LogP contribution < -0.4 is 0 Å². The fourth-order valence-electron chi connectivity index (χ4n) is 1.28. The monoisotopic (exact) mass is 194 g/mol. The third-order valence-corrected chi connectivity index (χ3v) is 1.90. The number of nitrogens with zero attached hydrogens (tertiary/aromatic N) is 2. The Balaban J connectivity index is 2.84. The molecular weight excluding hydrogens is 180 g/mol. The van der Waals surface area contributed by atoms with Gasteiger partial charge in [0, 0.05) is 12.4 Å². The molecule has 4 nitrogen and oxygen atoms in total. The summed E-state index contributed by atoms with van der Waals surface area (Å²) in [5.74, 6) is -0.727. The number of aromatic nitrogens is 2. The highest BCUT2D eigenvalue weighted by Crippen LogP contribution is 2.20. The van der Waals surface area contributed by atoms with Crippen molar-refractivity contribution in [1.29, 1.82) is 0 Å². The summed E-state index contributed by atoms with van der Waals surface area (Å²) in [7, 11) is 0. The zero-order valence-corrected chi connectivity index (χ0v) is 8.34. The molecule has 0 radical (unpaired) electrons. The lowest BCUT2D eigenvalue weighted by Crippen LogP contribution is -2.16. The minimum Gasteiger partial charge on any atom is -0.481 e. The molecule has 0 aliphatic carbocycles. The number of carboxylic acid groups (broad SMARTS) is 1. The lowest BCUT2D eigenvalue weighted by atomic mass is 9.96. The molecule has 0 saturated carbocycles. The molecule has 1 aromatic heterocycles. The largest absolute Gasteiger partial charge is 0.481 e. The molecule has 1 atom stereocenters. The van der Waals surface area contributed by atoms with Gasteiger partial charge in [-0.05, 0) is 18.4 Å². The van der Waals surface area contributed by atoms with Gasteiger partial charge >= 0.3 is 5.97 Å². The second kappa shape index (κ2) is 4.69. The van der Waals surface area contributed by atoms with Gasteiger partial charge in [-0.2, -0.15) is 0 Å². The average Bonchev–Trinajstić information content (AvgIpc) is 2.15. The molecule has 0 aromatic carbocycles. The van der Waals surface area contributed by atoms with Crippen LogP contribution in [-0.4, -0.2) is 21.0 Å². The first kappa shape index (κ1) is 10.6. The van der Waals surface area contributed by atoms with Crippen LogP contribution in [0.1, 0.15) is 32.0 Å². The molecule has 1 aromatic rings. The van der Waals surface area contributed by atoms with Gasteiger partial charge in [0.1, 0.15) is 11.7 Å². The average molecular weight is 194 g/mol. The normalized spacial score (nSPS) is 12.8. The van der Waals surface area contributed by atoms with Crippen molar-refractivity contribution in [3.8, 4) is 0 Å². The molecule has 0 spiro atoms. The molecule has 14 heavy (non-hydrogen) atoms. The van der Waals surface area contributed by atoms with Gasteiger partial charge in [-0.1, -0.05) is 13.8 Å². The summed E-state index contributed by atoms with van der Waals surface area (Å²) in [6, 6.07) is 1.68. The Bertz CT molecular complexity index is 298. The summed E-state index contributed by atoms with van der Waals surface area (Å²) < 4.78 is 0. The van der Waals surface area contributed by atoms with Crippen LogP contribution in [0.3, 0.4) is 0 Å². The maximum atomic E-state index is 11.0. The van der Waals surface area contributed by atoms with E-state index in [9.17, 15) is 4.79 Å². The van der Waals surface area contributed by atoms with Crippen LogP contribution in [-0.2, 0) is 4.79 Å². The smallest absolute Gasteiger partial charge is 0.314 e. The van der Waals surface area contributed by atoms with E-state index in [1.165, 1.54) is 0 Å². The lowest BCUT2D eigenvalue weighted by molar-refractivity contribution is -0.139. The minimum absolute atomic E-state index is 0.319. The Morgan fingerprint density at radius 3 is 2.43 bits per heavy atom. The maximum Gasteiger partial charge on any atom is 0.314 e. The standard InChI is InChI=1S/C10H14N2O2/c1-7(2)6-8(10(13)14)9-11-4-3-5-12-9/h3-5,7-8H,6H2,1-2H3,(H,13,14). The van der Waals surface area contributed by atoms with Gasteiger partial charge in [-0.25, -0.2) is 9.97 Å². The van der Waals surface area contributed by atoms with E-state index in [0.29, 0.717) is 18.2 Å². The van der Waals surface area contributed by atoms with Crippen LogP contribution in [0.15, 0.2) is 18.5 Å². The molecule has 0 saturated heterocycles. The zero-order valence-electron chi connectivity index (χ0n) is 8.34. The summed E-state index contributed by atoms with van der Waals surface area (Å²) in [5, 5.41) is 9.00. The fraction of sp³-hybridized carbons (Fsp3) is 0.500. The molecule has 4 heteroatoms. The van der Waals surface area contributed by atoms with Crippen molar-refractivity contribution >= 4 is 5.97 Å². The molecule has 1 heterocycles. The minimum atomic E-state index is -0.857. The SMILES string of the molecule is CC(C)CC(C(=O)O)c1ncccn1. The van der Waals surface area contributed by atoms with E-state index < -0.39 is 11.9 Å². The fourth-order valence-corrected chi connectivity index (χ4v) is 1.28. The van der Waals surface area contributed by atoms with E-state index in [4.69, 9.17) is 5.11 Å². The van der Waals surface area contributed by atoms with Crippen molar-refractivity contribution in [1.82, 2.24) is 9.97 Å². The number of aliphatic carboxylic acids is 1. The van der Waals surface area contributed by atoms with Crippen molar-refractivity contribution in [3.63, 3.8) is 0 Å². The molecule has 0 amide bonds. The Labute approximate surface area is 83.0 Å².